The van der Waals surface area contributed by atoms with Gasteiger partial charge >= 0.3 is 5.76 Å². The molecule has 0 unspecified atom stereocenters. The maximum absolute atomic E-state index is 13.0. The molecule has 1 N–H and O–H groups in total. The molecule has 148 valence electrons. The van der Waals surface area contributed by atoms with Gasteiger partial charge in [0.2, 0.25) is 5.91 Å². The Morgan fingerprint density at radius 2 is 1.79 bits per heavy atom. The first-order valence-corrected chi connectivity index (χ1v) is 9.27. The van der Waals surface area contributed by atoms with Crippen molar-refractivity contribution < 1.29 is 18.7 Å². The van der Waals surface area contributed by atoms with Crippen molar-refractivity contribution >= 4 is 17.0 Å². The quantitative estimate of drug-likeness (QED) is 0.520. The number of oxazole rings is 1. The molecule has 0 radical (unpaired) electrons. The zero-order chi connectivity index (χ0) is 20.2. The van der Waals surface area contributed by atoms with Crippen LogP contribution in [-0.4, -0.2) is 20.5 Å². The third-order valence-corrected chi connectivity index (χ3v) is 4.76. The first-order chi connectivity index (χ1) is 14.1. The summed E-state index contributed by atoms with van der Waals surface area (Å²) in [5, 5.41) is 10.1. The molecule has 0 atom stereocenters. The van der Waals surface area contributed by atoms with E-state index < -0.39 is 5.76 Å². The van der Waals surface area contributed by atoms with E-state index >= 15 is 0 Å². The molecular formula is C22H20N2O5. The lowest BCUT2D eigenvalue weighted by atomic mass is 10.1. The molecule has 1 amide bonds. The van der Waals surface area contributed by atoms with Gasteiger partial charge in [-0.1, -0.05) is 30.3 Å². The van der Waals surface area contributed by atoms with Gasteiger partial charge in [0.1, 0.15) is 11.5 Å². The van der Waals surface area contributed by atoms with E-state index in [2.05, 4.69) is 0 Å². The maximum Gasteiger partial charge on any atom is 0.419 e. The van der Waals surface area contributed by atoms with E-state index in [0.717, 1.165) is 0 Å². The normalized spacial score (nSPS) is 11.0. The summed E-state index contributed by atoms with van der Waals surface area (Å²) in [6.07, 6.45) is 1.66. The van der Waals surface area contributed by atoms with Crippen LogP contribution in [0.5, 0.6) is 5.75 Å². The molecule has 0 aliphatic heterocycles. The molecule has 4 aromatic rings. The van der Waals surface area contributed by atoms with E-state index in [0.29, 0.717) is 22.4 Å². The van der Waals surface area contributed by atoms with E-state index in [1.165, 1.54) is 4.57 Å². The maximum atomic E-state index is 13.0. The fraction of sp³-hybridized carbons (Fsp3) is 0.182. The molecule has 2 heterocycles. The summed E-state index contributed by atoms with van der Waals surface area (Å²) in [4.78, 5) is 26.7. The Morgan fingerprint density at radius 3 is 2.59 bits per heavy atom. The van der Waals surface area contributed by atoms with Crippen molar-refractivity contribution in [1.29, 1.82) is 0 Å². The van der Waals surface area contributed by atoms with Crippen LogP contribution >= 0.6 is 0 Å². The van der Waals surface area contributed by atoms with Gasteiger partial charge in [-0.15, -0.1) is 0 Å². The van der Waals surface area contributed by atoms with Crippen molar-refractivity contribution in [3.05, 3.63) is 88.8 Å². The Kier molecular flexibility index (Phi) is 5.20. The number of para-hydroxylation sites is 3. The fourth-order valence-electron chi connectivity index (χ4n) is 3.26. The molecule has 4 rings (SSSR count). The number of phenols is 1. The smallest absolute Gasteiger partial charge is 0.419 e. The molecule has 7 heteroatoms. The Bertz CT molecular complexity index is 1170. The number of hydrogen-bond donors (Lipinski definition) is 1. The highest BCUT2D eigenvalue weighted by atomic mass is 16.4. The van der Waals surface area contributed by atoms with Gasteiger partial charge in [0.25, 0.3) is 0 Å². The lowest BCUT2D eigenvalue weighted by Gasteiger charge is -2.22. The van der Waals surface area contributed by atoms with E-state index in [1.54, 1.807) is 59.7 Å². The Morgan fingerprint density at radius 1 is 1.00 bits per heavy atom. The van der Waals surface area contributed by atoms with Gasteiger partial charge in [0.15, 0.2) is 5.58 Å². The molecule has 29 heavy (non-hydrogen) atoms. The van der Waals surface area contributed by atoms with Crippen LogP contribution in [0, 0.1) is 0 Å². The number of furan rings is 1. The van der Waals surface area contributed by atoms with Crippen LogP contribution in [0.1, 0.15) is 17.7 Å². The summed E-state index contributed by atoms with van der Waals surface area (Å²) in [6, 6.07) is 17.6. The molecule has 0 spiro atoms. The lowest BCUT2D eigenvalue weighted by molar-refractivity contribution is -0.133. The Labute approximate surface area is 166 Å². The first-order valence-electron chi connectivity index (χ1n) is 9.27. The predicted molar refractivity (Wildman–Crippen MR) is 106 cm³/mol. The SMILES string of the molecule is O=C(CCn1c(=O)oc2ccccc21)N(Cc1ccco1)Cc1ccccc1O. The summed E-state index contributed by atoms with van der Waals surface area (Å²) >= 11 is 0. The second kappa shape index (κ2) is 8.10. The number of aryl methyl sites for hydroxylation is 1. The van der Waals surface area contributed by atoms with Crippen molar-refractivity contribution in [2.45, 2.75) is 26.1 Å². The average Bonchev–Trinajstić information content (AvgIpc) is 3.34. The van der Waals surface area contributed by atoms with E-state index in [4.69, 9.17) is 8.83 Å². The minimum Gasteiger partial charge on any atom is -0.508 e. The summed E-state index contributed by atoms with van der Waals surface area (Å²) < 4.78 is 12.1. The van der Waals surface area contributed by atoms with Crippen molar-refractivity contribution in [3.63, 3.8) is 0 Å². The van der Waals surface area contributed by atoms with Gasteiger partial charge in [0, 0.05) is 25.1 Å². The van der Waals surface area contributed by atoms with Crippen LogP contribution in [0.3, 0.4) is 0 Å². The monoisotopic (exact) mass is 392 g/mol. The van der Waals surface area contributed by atoms with Crippen molar-refractivity contribution in [2.75, 3.05) is 0 Å². The van der Waals surface area contributed by atoms with Crippen molar-refractivity contribution in [1.82, 2.24) is 9.47 Å². The van der Waals surface area contributed by atoms with Crippen LogP contribution in [0.4, 0.5) is 0 Å². The number of amides is 1. The fourth-order valence-corrected chi connectivity index (χ4v) is 3.26. The first kappa shape index (κ1) is 18.6. The van der Waals surface area contributed by atoms with Crippen LogP contribution in [-0.2, 0) is 24.4 Å². The number of hydrogen-bond acceptors (Lipinski definition) is 5. The number of carbonyl (C=O) groups excluding carboxylic acids is 1. The molecule has 2 aromatic heterocycles. The predicted octanol–water partition coefficient (Wildman–Crippen LogP) is 3.51. The van der Waals surface area contributed by atoms with Crippen molar-refractivity contribution in [2.24, 2.45) is 0 Å². The Balaban J connectivity index is 1.53. The van der Waals surface area contributed by atoms with Crippen LogP contribution < -0.4 is 5.76 Å². The summed E-state index contributed by atoms with van der Waals surface area (Å²) in [5.74, 6) is 0.112. The number of fused-ring (bicyclic) bond motifs is 1. The molecule has 0 fully saturated rings. The van der Waals surface area contributed by atoms with E-state index in [9.17, 15) is 14.7 Å². The van der Waals surface area contributed by atoms with Crippen LogP contribution in [0.25, 0.3) is 11.1 Å². The summed E-state index contributed by atoms with van der Waals surface area (Å²) in [5.41, 5.74) is 1.79. The average molecular weight is 392 g/mol. The third kappa shape index (κ3) is 4.08. The summed E-state index contributed by atoms with van der Waals surface area (Å²) in [7, 11) is 0. The number of carbonyl (C=O) groups is 1. The number of rotatable bonds is 7. The van der Waals surface area contributed by atoms with Crippen LogP contribution in [0.15, 0.2) is 80.6 Å². The highest BCUT2D eigenvalue weighted by Crippen LogP contribution is 2.20. The van der Waals surface area contributed by atoms with Gasteiger partial charge in [-0.05, 0) is 30.3 Å². The number of aromatic hydroxyl groups is 1. The van der Waals surface area contributed by atoms with Crippen molar-refractivity contribution in [3.8, 4) is 5.75 Å². The second-order valence-electron chi connectivity index (χ2n) is 6.70. The zero-order valence-corrected chi connectivity index (χ0v) is 15.7. The van der Waals surface area contributed by atoms with Gasteiger partial charge in [-0.3, -0.25) is 9.36 Å². The van der Waals surface area contributed by atoms with E-state index in [1.807, 2.05) is 12.1 Å². The molecule has 2 aromatic carbocycles. The topological polar surface area (TPSA) is 88.8 Å². The molecule has 0 aliphatic rings. The zero-order valence-electron chi connectivity index (χ0n) is 15.7. The number of phenolic OH excluding ortho intramolecular Hbond substituents is 1. The molecule has 0 saturated heterocycles. The van der Waals surface area contributed by atoms with Crippen LogP contribution in [0.2, 0.25) is 0 Å². The van der Waals surface area contributed by atoms with E-state index in [-0.39, 0.29) is 37.7 Å². The molecular weight excluding hydrogens is 372 g/mol. The molecule has 0 aliphatic carbocycles. The second-order valence-corrected chi connectivity index (χ2v) is 6.70. The highest BCUT2D eigenvalue weighted by molar-refractivity contribution is 5.77. The highest BCUT2D eigenvalue weighted by Gasteiger charge is 2.19. The van der Waals surface area contributed by atoms with Gasteiger partial charge in [-0.2, -0.15) is 0 Å². The molecule has 0 bridgehead atoms. The molecule has 7 nitrogen and oxygen atoms in total. The minimum atomic E-state index is -0.489. The standard InChI is InChI=1S/C22H20N2O5/c25-19-9-3-1-6-16(19)14-23(15-17-7-5-13-28-17)21(26)11-12-24-18-8-2-4-10-20(18)29-22(24)27/h1-10,13,25H,11-12,14-15H2. The van der Waals surface area contributed by atoms with Gasteiger partial charge in [0.05, 0.1) is 18.3 Å². The van der Waals surface area contributed by atoms with Gasteiger partial charge in [-0.25, -0.2) is 4.79 Å². The lowest BCUT2D eigenvalue weighted by Crippen LogP contribution is -2.31. The number of benzene rings is 2. The van der Waals surface area contributed by atoms with Gasteiger partial charge < -0.3 is 18.8 Å². The Hall–Kier alpha value is -3.74. The third-order valence-electron chi connectivity index (χ3n) is 4.76. The largest absolute Gasteiger partial charge is 0.508 e. The number of aromatic nitrogens is 1. The summed E-state index contributed by atoms with van der Waals surface area (Å²) in [6.45, 7) is 0.693. The minimum absolute atomic E-state index is 0.109. The molecule has 0 saturated carbocycles. The number of nitrogens with zero attached hydrogens (tertiary/aromatic N) is 2.